The lowest BCUT2D eigenvalue weighted by Gasteiger charge is -2.30. The standard InChI is InChI=1S/C21H29N7O4/c1-30-16-12-15(13-17(31-2)18(16)29)14-22-26-19-23-20(27-6-4-3-5-7-27)25-21(24-19)28-8-10-32-11-9-28/h12-14,29H,3-11H2,1-2H3,(H,23,24,25,26)/b22-14+. The lowest BCUT2D eigenvalue weighted by molar-refractivity contribution is 0.122. The van der Waals surface area contributed by atoms with Crippen molar-refractivity contribution in [2.45, 2.75) is 19.3 Å². The molecule has 2 aliphatic rings. The number of phenols is 1. The predicted octanol–water partition coefficient (Wildman–Crippen LogP) is 1.87. The molecule has 172 valence electrons. The van der Waals surface area contributed by atoms with Gasteiger partial charge in [-0.2, -0.15) is 20.1 Å². The Morgan fingerprint density at radius 2 is 1.53 bits per heavy atom. The van der Waals surface area contributed by atoms with Gasteiger partial charge in [0.1, 0.15) is 0 Å². The topological polar surface area (TPSA) is 117 Å². The molecule has 0 radical (unpaired) electrons. The monoisotopic (exact) mass is 443 g/mol. The average Bonchev–Trinajstić information content (AvgIpc) is 2.85. The van der Waals surface area contributed by atoms with Gasteiger partial charge in [-0.1, -0.05) is 0 Å². The molecule has 2 aromatic rings. The lowest BCUT2D eigenvalue weighted by atomic mass is 10.1. The first-order chi connectivity index (χ1) is 15.7. The van der Waals surface area contributed by atoms with Crippen LogP contribution >= 0.6 is 0 Å². The molecule has 0 unspecified atom stereocenters. The molecule has 2 N–H and O–H groups in total. The van der Waals surface area contributed by atoms with Crippen LogP contribution in [0.3, 0.4) is 0 Å². The summed E-state index contributed by atoms with van der Waals surface area (Å²) in [6.07, 6.45) is 5.07. The van der Waals surface area contributed by atoms with Crippen LogP contribution in [0.15, 0.2) is 17.2 Å². The zero-order valence-corrected chi connectivity index (χ0v) is 18.5. The minimum Gasteiger partial charge on any atom is -0.502 e. The van der Waals surface area contributed by atoms with E-state index >= 15 is 0 Å². The number of rotatable bonds is 7. The van der Waals surface area contributed by atoms with E-state index in [9.17, 15) is 5.11 Å². The molecule has 2 aliphatic heterocycles. The van der Waals surface area contributed by atoms with Crippen molar-refractivity contribution in [2.75, 3.05) is 68.8 Å². The van der Waals surface area contributed by atoms with Gasteiger partial charge in [0.15, 0.2) is 11.5 Å². The molecule has 2 fully saturated rings. The molecule has 3 heterocycles. The third-order valence-corrected chi connectivity index (χ3v) is 5.42. The van der Waals surface area contributed by atoms with E-state index < -0.39 is 0 Å². The Kier molecular flexibility index (Phi) is 7.05. The molecule has 2 saturated heterocycles. The fourth-order valence-electron chi connectivity index (χ4n) is 3.70. The third kappa shape index (κ3) is 5.10. The van der Waals surface area contributed by atoms with Crippen molar-refractivity contribution in [1.29, 1.82) is 0 Å². The highest BCUT2D eigenvalue weighted by Gasteiger charge is 2.20. The number of anilines is 3. The molecule has 0 spiro atoms. The largest absolute Gasteiger partial charge is 0.502 e. The molecule has 1 aromatic heterocycles. The summed E-state index contributed by atoms with van der Waals surface area (Å²) in [7, 11) is 2.96. The third-order valence-electron chi connectivity index (χ3n) is 5.42. The van der Waals surface area contributed by atoms with Gasteiger partial charge < -0.3 is 29.1 Å². The highest BCUT2D eigenvalue weighted by molar-refractivity contribution is 5.82. The quantitative estimate of drug-likeness (QED) is 0.485. The van der Waals surface area contributed by atoms with Crippen molar-refractivity contribution < 1.29 is 19.3 Å². The normalized spacial score (nSPS) is 16.9. The zero-order valence-electron chi connectivity index (χ0n) is 18.5. The number of hydrogen-bond donors (Lipinski definition) is 2. The molecular weight excluding hydrogens is 414 g/mol. The Morgan fingerprint density at radius 3 is 2.12 bits per heavy atom. The summed E-state index contributed by atoms with van der Waals surface area (Å²) in [4.78, 5) is 18.2. The molecule has 0 saturated carbocycles. The maximum Gasteiger partial charge on any atom is 0.250 e. The van der Waals surface area contributed by atoms with Crippen molar-refractivity contribution in [3.8, 4) is 17.2 Å². The number of ether oxygens (including phenoxy) is 3. The van der Waals surface area contributed by atoms with Crippen molar-refractivity contribution in [1.82, 2.24) is 15.0 Å². The molecule has 11 heteroatoms. The van der Waals surface area contributed by atoms with Gasteiger partial charge >= 0.3 is 0 Å². The number of aromatic hydroxyl groups is 1. The summed E-state index contributed by atoms with van der Waals surface area (Å²) in [6, 6.07) is 3.32. The lowest BCUT2D eigenvalue weighted by Crippen LogP contribution is -2.38. The number of phenolic OH excluding ortho intramolecular Hbond substituents is 1. The molecule has 32 heavy (non-hydrogen) atoms. The highest BCUT2D eigenvalue weighted by Crippen LogP contribution is 2.36. The van der Waals surface area contributed by atoms with Crippen LogP contribution in [-0.2, 0) is 4.74 Å². The van der Waals surface area contributed by atoms with Gasteiger partial charge in [-0.3, -0.25) is 0 Å². The summed E-state index contributed by atoms with van der Waals surface area (Å²) in [6.45, 7) is 4.63. The van der Waals surface area contributed by atoms with Gasteiger partial charge in [-0.25, -0.2) is 5.43 Å². The van der Waals surface area contributed by atoms with E-state index in [0.29, 0.717) is 48.1 Å². The van der Waals surface area contributed by atoms with Gasteiger partial charge in [-0.15, -0.1) is 0 Å². The summed E-state index contributed by atoms with van der Waals surface area (Å²) < 4.78 is 15.8. The second-order valence-corrected chi connectivity index (χ2v) is 7.55. The van der Waals surface area contributed by atoms with E-state index in [2.05, 4.69) is 30.3 Å². The Balaban J connectivity index is 1.56. The molecule has 11 nitrogen and oxygen atoms in total. The highest BCUT2D eigenvalue weighted by atomic mass is 16.5. The number of methoxy groups -OCH3 is 2. The number of nitrogens with zero attached hydrogens (tertiary/aromatic N) is 6. The van der Waals surface area contributed by atoms with Crippen LogP contribution in [0.25, 0.3) is 0 Å². The van der Waals surface area contributed by atoms with Gasteiger partial charge in [0, 0.05) is 31.7 Å². The molecule has 0 atom stereocenters. The van der Waals surface area contributed by atoms with Crippen LogP contribution < -0.4 is 24.7 Å². The van der Waals surface area contributed by atoms with Crippen molar-refractivity contribution in [3.05, 3.63) is 17.7 Å². The number of hydrogen-bond acceptors (Lipinski definition) is 11. The number of aromatic nitrogens is 3. The smallest absolute Gasteiger partial charge is 0.250 e. The van der Waals surface area contributed by atoms with E-state index in [1.165, 1.54) is 20.6 Å². The second-order valence-electron chi connectivity index (χ2n) is 7.55. The molecule has 0 bridgehead atoms. The number of hydrazone groups is 1. The molecular formula is C21H29N7O4. The van der Waals surface area contributed by atoms with E-state index in [1.54, 1.807) is 18.3 Å². The van der Waals surface area contributed by atoms with Crippen LogP contribution in [0.2, 0.25) is 0 Å². The van der Waals surface area contributed by atoms with E-state index in [-0.39, 0.29) is 5.75 Å². The van der Waals surface area contributed by atoms with E-state index in [1.807, 2.05) is 0 Å². The zero-order chi connectivity index (χ0) is 22.3. The van der Waals surface area contributed by atoms with Crippen LogP contribution in [0.4, 0.5) is 17.8 Å². The number of morpholine rings is 1. The second kappa shape index (κ2) is 10.3. The van der Waals surface area contributed by atoms with Crippen LogP contribution in [-0.4, -0.2) is 79.9 Å². The van der Waals surface area contributed by atoms with Gasteiger partial charge in [0.2, 0.25) is 23.6 Å². The number of nitrogens with one attached hydrogen (secondary N) is 1. The van der Waals surface area contributed by atoms with Gasteiger partial charge in [0.25, 0.3) is 0 Å². The van der Waals surface area contributed by atoms with Crippen LogP contribution in [0.5, 0.6) is 17.2 Å². The fourth-order valence-corrected chi connectivity index (χ4v) is 3.70. The minimum absolute atomic E-state index is 0.0566. The maximum absolute atomic E-state index is 10.1. The Morgan fingerprint density at radius 1 is 0.938 bits per heavy atom. The van der Waals surface area contributed by atoms with Crippen molar-refractivity contribution in [3.63, 3.8) is 0 Å². The van der Waals surface area contributed by atoms with Crippen LogP contribution in [0.1, 0.15) is 24.8 Å². The Hall–Kier alpha value is -3.34. The average molecular weight is 444 g/mol. The summed E-state index contributed by atoms with van der Waals surface area (Å²) >= 11 is 0. The summed E-state index contributed by atoms with van der Waals surface area (Å²) in [5, 5.41) is 14.4. The summed E-state index contributed by atoms with van der Waals surface area (Å²) in [5.41, 5.74) is 3.60. The first-order valence-corrected chi connectivity index (χ1v) is 10.8. The maximum atomic E-state index is 10.1. The van der Waals surface area contributed by atoms with E-state index in [0.717, 1.165) is 39.0 Å². The molecule has 0 amide bonds. The number of benzene rings is 1. The number of piperidine rings is 1. The van der Waals surface area contributed by atoms with Crippen molar-refractivity contribution >= 4 is 24.1 Å². The van der Waals surface area contributed by atoms with Gasteiger partial charge in [-0.05, 0) is 31.4 Å². The molecule has 1 aromatic carbocycles. The van der Waals surface area contributed by atoms with E-state index in [4.69, 9.17) is 19.2 Å². The Labute approximate surface area is 187 Å². The fraction of sp³-hybridized carbons (Fsp3) is 0.524. The minimum atomic E-state index is -0.0566. The predicted molar refractivity (Wildman–Crippen MR) is 121 cm³/mol. The first kappa shape index (κ1) is 21.9. The first-order valence-electron chi connectivity index (χ1n) is 10.8. The van der Waals surface area contributed by atoms with Crippen molar-refractivity contribution in [2.24, 2.45) is 5.10 Å². The SMILES string of the molecule is COc1cc(/C=N/Nc2nc(N3CCCCC3)nc(N3CCOCC3)n2)cc(OC)c1O. The molecule has 0 aliphatic carbocycles. The van der Waals surface area contributed by atoms with Gasteiger partial charge in [0.05, 0.1) is 33.6 Å². The summed E-state index contributed by atoms with van der Waals surface area (Å²) in [5.74, 6) is 2.19. The van der Waals surface area contributed by atoms with Crippen LogP contribution in [0, 0.1) is 0 Å². The Bertz CT molecular complexity index is 882. The molecule has 4 rings (SSSR count).